The summed E-state index contributed by atoms with van der Waals surface area (Å²) in [4.78, 5) is 12.2. The monoisotopic (exact) mass is 361 g/mol. The largest absolute Gasteiger partial charge is 0.471 e. The van der Waals surface area contributed by atoms with Crippen LogP contribution in [0.15, 0.2) is 48.9 Å². The first kappa shape index (κ1) is 17.0. The third-order valence-corrected chi connectivity index (χ3v) is 3.45. The quantitative estimate of drug-likeness (QED) is 0.699. The van der Waals surface area contributed by atoms with Crippen molar-refractivity contribution in [2.24, 2.45) is 0 Å². The maximum atomic E-state index is 12.2. The number of halogens is 1. The number of aromatic nitrogens is 4. The number of methoxy groups -OCH3 is 1. The molecule has 0 aliphatic heterocycles. The normalized spacial score (nSPS) is 10.6. The van der Waals surface area contributed by atoms with Crippen LogP contribution in [0.4, 0.5) is 5.69 Å². The molecule has 0 saturated heterocycles. The fourth-order valence-electron chi connectivity index (χ4n) is 2.05. The van der Waals surface area contributed by atoms with Gasteiger partial charge in [-0.25, -0.2) is 9.36 Å². The molecule has 0 aliphatic carbocycles. The lowest BCUT2D eigenvalue weighted by atomic mass is 10.3. The zero-order chi connectivity index (χ0) is 17.6. The van der Waals surface area contributed by atoms with Crippen LogP contribution in [0.25, 0.3) is 0 Å². The molecule has 3 rings (SSSR count). The van der Waals surface area contributed by atoms with Gasteiger partial charge in [0.15, 0.2) is 12.4 Å². The predicted molar refractivity (Wildman–Crippen MR) is 91.5 cm³/mol. The van der Waals surface area contributed by atoms with E-state index in [-0.39, 0.29) is 18.3 Å². The smallest absolute Gasteiger partial charge is 0.276 e. The summed E-state index contributed by atoms with van der Waals surface area (Å²) in [6, 6.07) is 8.61. The van der Waals surface area contributed by atoms with E-state index in [1.807, 2.05) is 0 Å². The third-order valence-electron chi connectivity index (χ3n) is 3.20. The standard InChI is InChI=1S/C16H16ClN5O3/c1-24-10-22-9-13(8-18-22)19-16(23)15-6-7-21(20-15)11-25-14-4-2-12(17)3-5-14/h2-9H,10-11H2,1H3,(H,19,23). The van der Waals surface area contributed by atoms with Gasteiger partial charge in [0.25, 0.3) is 5.91 Å². The van der Waals surface area contributed by atoms with Crippen molar-refractivity contribution in [1.29, 1.82) is 0 Å². The molecule has 0 aliphatic rings. The Labute approximate surface area is 148 Å². The van der Waals surface area contributed by atoms with Crippen molar-refractivity contribution in [2.45, 2.75) is 13.5 Å². The van der Waals surface area contributed by atoms with Crippen LogP contribution in [-0.2, 0) is 18.2 Å². The molecule has 0 spiro atoms. The molecule has 8 nitrogen and oxygen atoms in total. The number of nitrogens with zero attached hydrogens (tertiary/aromatic N) is 4. The van der Waals surface area contributed by atoms with Crippen LogP contribution in [0.5, 0.6) is 5.75 Å². The van der Waals surface area contributed by atoms with Gasteiger partial charge in [-0.3, -0.25) is 4.79 Å². The van der Waals surface area contributed by atoms with E-state index in [2.05, 4.69) is 15.5 Å². The second-order valence-electron chi connectivity index (χ2n) is 5.11. The van der Waals surface area contributed by atoms with Gasteiger partial charge in [-0.05, 0) is 30.3 Å². The molecule has 9 heteroatoms. The van der Waals surface area contributed by atoms with E-state index >= 15 is 0 Å². The lowest BCUT2D eigenvalue weighted by Crippen LogP contribution is -2.14. The summed E-state index contributed by atoms with van der Waals surface area (Å²) < 4.78 is 13.6. The molecule has 0 unspecified atom stereocenters. The molecule has 1 N–H and O–H groups in total. The number of amides is 1. The van der Waals surface area contributed by atoms with Crippen molar-refractivity contribution in [3.05, 3.63) is 59.6 Å². The number of carbonyl (C=O) groups is 1. The molecule has 3 aromatic rings. The second-order valence-corrected chi connectivity index (χ2v) is 5.54. The maximum absolute atomic E-state index is 12.2. The van der Waals surface area contributed by atoms with Crippen LogP contribution in [0.1, 0.15) is 10.5 Å². The minimum atomic E-state index is -0.331. The number of ether oxygens (including phenoxy) is 2. The van der Waals surface area contributed by atoms with E-state index in [4.69, 9.17) is 21.1 Å². The molecule has 0 saturated carbocycles. The summed E-state index contributed by atoms with van der Waals surface area (Å²) in [5, 5.41) is 11.6. The number of rotatable bonds is 7. The van der Waals surface area contributed by atoms with Crippen molar-refractivity contribution < 1.29 is 14.3 Å². The zero-order valence-electron chi connectivity index (χ0n) is 13.4. The highest BCUT2D eigenvalue weighted by Crippen LogP contribution is 2.16. The number of anilines is 1. The highest BCUT2D eigenvalue weighted by molar-refractivity contribution is 6.30. The summed E-state index contributed by atoms with van der Waals surface area (Å²) >= 11 is 5.82. The first-order chi connectivity index (χ1) is 12.1. The number of carbonyl (C=O) groups excluding carboxylic acids is 1. The first-order valence-electron chi connectivity index (χ1n) is 7.38. The molecule has 1 amide bonds. The number of hydrogen-bond donors (Lipinski definition) is 1. The average Bonchev–Trinajstić information content (AvgIpc) is 3.24. The Morgan fingerprint density at radius 3 is 2.76 bits per heavy atom. The molecule has 2 aromatic heterocycles. The topological polar surface area (TPSA) is 83.2 Å². The lowest BCUT2D eigenvalue weighted by molar-refractivity contribution is 0.102. The van der Waals surface area contributed by atoms with E-state index in [0.717, 1.165) is 0 Å². The van der Waals surface area contributed by atoms with E-state index in [0.29, 0.717) is 23.2 Å². The molecule has 0 bridgehead atoms. The van der Waals surface area contributed by atoms with E-state index in [1.165, 1.54) is 10.9 Å². The van der Waals surface area contributed by atoms with Gasteiger partial charge in [0.1, 0.15) is 12.5 Å². The summed E-state index contributed by atoms with van der Waals surface area (Å²) in [5.41, 5.74) is 0.841. The summed E-state index contributed by atoms with van der Waals surface area (Å²) in [6.07, 6.45) is 4.87. The van der Waals surface area contributed by atoms with Crippen LogP contribution in [0.3, 0.4) is 0 Å². The third kappa shape index (κ3) is 4.59. The van der Waals surface area contributed by atoms with E-state index in [1.54, 1.807) is 54.5 Å². The van der Waals surface area contributed by atoms with Gasteiger partial charge >= 0.3 is 0 Å². The van der Waals surface area contributed by atoms with E-state index in [9.17, 15) is 4.79 Å². The number of benzene rings is 1. The second kappa shape index (κ2) is 7.82. The highest BCUT2D eigenvalue weighted by atomic mass is 35.5. The predicted octanol–water partition coefficient (Wildman–Crippen LogP) is 2.63. The Morgan fingerprint density at radius 2 is 2.00 bits per heavy atom. The van der Waals surface area contributed by atoms with Crippen molar-refractivity contribution in [3.8, 4) is 5.75 Å². The van der Waals surface area contributed by atoms with Crippen LogP contribution >= 0.6 is 11.6 Å². The summed E-state index contributed by atoms with van der Waals surface area (Å²) in [5.74, 6) is 0.332. The SMILES string of the molecule is COCn1cc(NC(=O)c2ccn(COc3ccc(Cl)cc3)n2)cn1. The molecule has 0 radical (unpaired) electrons. The van der Waals surface area contributed by atoms with Gasteiger partial charge in [0.2, 0.25) is 0 Å². The Balaban J connectivity index is 1.56. The molecule has 2 heterocycles. The Bertz CT molecular complexity index is 844. The van der Waals surface area contributed by atoms with Crippen LogP contribution in [0.2, 0.25) is 5.02 Å². The molecular formula is C16H16ClN5O3. The van der Waals surface area contributed by atoms with Crippen molar-refractivity contribution in [2.75, 3.05) is 12.4 Å². The Hall–Kier alpha value is -2.84. The average molecular weight is 362 g/mol. The number of nitrogens with one attached hydrogen (secondary N) is 1. The van der Waals surface area contributed by atoms with Crippen LogP contribution in [-0.4, -0.2) is 32.6 Å². The molecule has 0 fully saturated rings. The summed E-state index contributed by atoms with van der Waals surface area (Å²) in [6.45, 7) is 0.493. The molecule has 1 aromatic carbocycles. The Morgan fingerprint density at radius 1 is 1.20 bits per heavy atom. The molecule has 25 heavy (non-hydrogen) atoms. The fourth-order valence-corrected chi connectivity index (χ4v) is 2.18. The van der Waals surface area contributed by atoms with Gasteiger partial charge in [0.05, 0.1) is 18.1 Å². The minimum Gasteiger partial charge on any atom is -0.471 e. The van der Waals surface area contributed by atoms with Gasteiger partial charge in [-0.1, -0.05) is 11.6 Å². The van der Waals surface area contributed by atoms with Gasteiger partial charge in [-0.15, -0.1) is 0 Å². The van der Waals surface area contributed by atoms with Gasteiger partial charge in [0, 0.05) is 18.3 Å². The van der Waals surface area contributed by atoms with Gasteiger partial charge in [-0.2, -0.15) is 10.2 Å². The highest BCUT2D eigenvalue weighted by Gasteiger charge is 2.11. The van der Waals surface area contributed by atoms with E-state index < -0.39 is 0 Å². The van der Waals surface area contributed by atoms with Crippen molar-refractivity contribution in [1.82, 2.24) is 19.6 Å². The van der Waals surface area contributed by atoms with Crippen LogP contribution in [0, 0.1) is 0 Å². The van der Waals surface area contributed by atoms with Gasteiger partial charge < -0.3 is 14.8 Å². The lowest BCUT2D eigenvalue weighted by Gasteiger charge is -2.06. The number of hydrogen-bond acceptors (Lipinski definition) is 5. The zero-order valence-corrected chi connectivity index (χ0v) is 14.2. The maximum Gasteiger partial charge on any atom is 0.276 e. The fraction of sp³-hybridized carbons (Fsp3) is 0.188. The Kier molecular flexibility index (Phi) is 5.32. The summed E-state index contributed by atoms with van der Waals surface area (Å²) in [7, 11) is 1.57. The minimum absolute atomic E-state index is 0.181. The first-order valence-corrected chi connectivity index (χ1v) is 7.76. The van der Waals surface area contributed by atoms with Crippen LogP contribution < -0.4 is 10.1 Å². The van der Waals surface area contributed by atoms with Crippen molar-refractivity contribution in [3.63, 3.8) is 0 Å². The molecular weight excluding hydrogens is 346 g/mol. The van der Waals surface area contributed by atoms with Crippen molar-refractivity contribution >= 4 is 23.2 Å². The molecule has 130 valence electrons. The molecule has 0 atom stereocenters.